The molecule has 1 aliphatic rings. The van der Waals surface area contributed by atoms with E-state index >= 15 is 0 Å². The lowest BCUT2D eigenvalue weighted by molar-refractivity contribution is -0.115. The number of rotatable bonds is 8. The zero-order valence-electron chi connectivity index (χ0n) is 19.3. The van der Waals surface area contributed by atoms with E-state index in [1.165, 1.54) is 0 Å². The molecule has 0 radical (unpaired) electrons. The van der Waals surface area contributed by atoms with E-state index in [1.54, 1.807) is 42.5 Å². The highest BCUT2D eigenvalue weighted by atomic mass is 16.5. The maximum Gasteiger partial charge on any atom is 0.291 e. The average molecular weight is 457 g/mol. The average Bonchev–Trinajstić information content (AvgIpc) is 2.85. The van der Waals surface area contributed by atoms with Crippen LogP contribution in [0, 0.1) is 0 Å². The van der Waals surface area contributed by atoms with Crippen molar-refractivity contribution >= 4 is 23.6 Å². The van der Waals surface area contributed by atoms with Crippen LogP contribution in [0.25, 0.3) is 6.08 Å². The number of hydrogen-bond donors (Lipinski definition) is 2. The lowest BCUT2D eigenvalue weighted by atomic mass is 10.1. The van der Waals surface area contributed by atoms with Crippen molar-refractivity contribution < 1.29 is 19.1 Å². The standard InChI is InChI=1S/C28H28N2O4/c1-3-4-17-33-23-15-13-21(14-16-23)19(2)29-27(31)22-11-9-20(10-12-22)18-26-28(32)30-24-7-5-6-8-25(24)34-26/h5-16,18-19H,3-4,17H2,1-2H3,(H,29,31)(H,30,32)/b26-18-. The van der Waals surface area contributed by atoms with Crippen molar-refractivity contribution in [2.24, 2.45) is 0 Å². The summed E-state index contributed by atoms with van der Waals surface area (Å²) < 4.78 is 11.4. The van der Waals surface area contributed by atoms with Crippen LogP contribution in [0.4, 0.5) is 5.69 Å². The molecule has 2 amide bonds. The van der Waals surface area contributed by atoms with Gasteiger partial charge in [0.1, 0.15) is 5.75 Å². The zero-order chi connectivity index (χ0) is 23.9. The van der Waals surface area contributed by atoms with Crippen molar-refractivity contribution in [1.82, 2.24) is 5.32 Å². The first-order valence-electron chi connectivity index (χ1n) is 11.5. The van der Waals surface area contributed by atoms with Crippen LogP contribution in [0.5, 0.6) is 11.5 Å². The van der Waals surface area contributed by atoms with E-state index in [2.05, 4.69) is 17.6 Å². The van der Waals surface area contributed by atoms with Crippen LogP contribution in [-0.4, -0.2) is 18.4 Å². The molecule has 6 nitrogen and oxygen atoms in total. The summed E-state index contributed by atoms with van der Waals surface area (Å²) >= 11 is 0. The van der Waals surface area contributed by atoms with Crippen LogP contribution >= 0.6 is 0 Å². The molecule has 3 aromatic rings. The molecule has 0 spiro atoms. The van der Waals surface area contributed by atoms with Crippen molar-refractivity contribution in [1.29, 1.82) is 0 Å². The summed E-state index contributed by atoms with van der Waals surface area (Å²) in [6.45, 7) is 4.78. The highest BCUT2D eigenvalue weighted by molar-refractivity contribution is 6.08. The molecule has 0 aromatic heterocycles. The molecular formula is C28H28N2O4. The summed E-state index contributed by atoms with van der Waals surface area (Å²) in [6, 6.07) is 21.9. The largest absolute Gasteiger partial charge is 0.494 e. The van der Waals surface area contributed by atoms with Crippen LogP contribution in [0.2, 0.25) is 0 Å². The Hall–Kier alpha value is -4.06. The molecule has 1 aliphatic heterocycles. The Kier molecular flexibility index (Phi) is 7.28. The minimum Gasteiger partial charge on any atom is -0.494 e. The van der Waals surface area contributed by atoms with E-state index in [-0.39, 0.29) is 23.6 Å². The Bertz CT molecular complexity index is 1180. The summed E-state index contributed by atoms with van der Waals surface area (Å²) in [7, 11) is 0. The van der Waals surface area contributed by atoms with E-state index in [9.17, 15) is 9.59 Å². The van der Waals surface area contributed by atoms with Crippen LogP contribution < -0.4 is 20.1 Å². The number of para-hydroxylation sites is 2. The van der Waals surface area contributed by atoms with Gasteiger partial charge in [-0.15, -0.1) is 0 Å². The SMILES string of the molecule is CCCCOc1ccc(C(C)NC(=O)c2ccc(/C=C3\Oc4ccccc4NC3=O)cc2)cc1. The van der Waals surface area contributed by atoms with Crippen LogP contribution in [0.15, 0.2) is 78.6 Å². The molecule has 0 saturated carbocycles. The fourth-order valence-corrected chi connectivity index (χ4v) is 3.54. The summed E-state index contributed by atoms with van der Waals surface area (Å²) in [5, 5.41) is 5.83. The Morgan fingerprint density at radius 2 is 1.79 bits per heavy atom. The van der Waals surface area contributed by atoms with Crippen LogP contribution in [0.3, 0.4) is 0 Å². The highest BCUT2D eigenvalue weighted by Crippen LogP contribution is 2.30. The first-order chi connectivity index (χ1) is 16.5. The molecule has 174 valence electrons. The van der Waals surface area contributed by atoms with Gasteiger partial charge in [-0.05, 0) is 66.9 Å². The maximum absolute atomic E-state index is 12.7. The maximum atomic E-state index is 12.7. The number of ether oxygens (including phenoxy) is 2. The summed E-state index contributed by atoms with van der Waals surface area (Å²) in [6.07, 6.45) is 3.77. The first kappa shape index (κ1) is 23.1. The number of unbranched alkanes of at least 4 members (excludes halogenated alkanes) is 1. The van der Waals surface area contributed by atoms with Gasteiger partial charge in [0.05, 0.1) is 18.3 Å². The van der Waals surface area contributed by atoms with E-state index < -0.39 is 0 Å². The van der Waals surface area contributed by atoms with Crippen molar-refractivity contribution in [2.75, 3.05) is 11.9 Å². The number of anilines is 1. The highest BCUT2D eigenvalue weighted by Gasteiger charge is 2.21. The second-order valence-electron chi connectivity index (χ2n) is 8.15. The summed E-state index contributed by atoms with van der Waals surface area (Å²) in [5.74, 6) is 1.15. The molecule has 0 bridgehead atoms. The van der Waals surface area contributed by atoms with Gasteiger partial charge in [-0.25, -0.2) is 0 Å². The number of carbonyl (C=O) groups is 2. The number of carbonyl (C=O) groups excluding carboxylic acids is 2. The third kappa shape index (κ3) is 5.64. The predicted octanol–water partition coefficient (Wildman–Crippen LogP) is 5.73. The zero-order valence-corrected chi connectivity index (χ0v) is 19.3. The van der Waals surface area contributed by atoms with Gasteiger partial charge in [-0.1, -0.05) is 49.7 Å². The summed E-state index contributed by atoms with van der Waals surface area (Å²) in [5.41, 5.74) is 2.93. The Labute approximate surface area is 199 Å². The number of fused-ring (bicyclic) bond motifs is 1. The lowest BCUT2D eigenvalue weighted by Crippen LogP contribution is -2.26. The predicted molar refractivity (Wildman–Crippen MR) is 133 cm³/mol. The smallest absolute Gasteiger partial charge is 0.291 e. The number of hydrogen-bond acceptors (Lipinski definition) is 4. The van der Waals surface area contributed by atoms with E-state index in [0.717, 1.165) is 29.7 Å². The molecule has 3 aromatic carbocycles. The fraction of sp³-hybridized carbons (Fsp3) is 0.214. The first-order valence-corrected chi connectivity index (χ1v) is 11.5. The van der Waals surface area contributed by atoms with Gasteiger partial charge >= 0.3 is 0 Å². The number of benzene rings is 3. The van der Waals surface area contributed by atoms with Crippen molar-refractivity contribution in [3.05, 3.63) is 95.2 Å². The molecule has 1 atom stereocenters. The van der Waals surface area contributed by atoms with E-state index in [4.69, 9.17) is 9.47 Å². The second kappa shape index (κ2) is 10.7. The van der Waals surface area contributed by atoms with Crippen LogP contribution in [-0.2, 0) is 4.79 Å². The van der Waals surface area contributed by atoms with E-state index in [1.807, 2.05) is 43.3 Å². The number of nitrogens with one attached hydrogen (secondary N) is 2. The van der Waals surface area contributed by atoms with Gasteiger partial charge in [0.15, 0.2) is 11.5 Å². The van der Waals surface area contributed by atoms with Gasteiger partial charge in [0.25, 0.3) is 11.8 Å². The Morgan fingerprint density at radius 1 is 1.06 bits per heavy atom. The molecule has 2 N–H and O–H groups in total. The quantitative estimate of drug-likeness (QED) is 0.335. The molecule has 34 heavy (non-hydrogen) atoms. The van der Waals surface area contributed by atoms with Gasteiger partial charge in [0.2, 0.25) is 0 Å². The van der Waals surface area contributed by atoms with Gasteiger partial charge in [-0.2, -0.15) is 0 Å². The van der Waals surface area contributed by atoms with Crippen molar-refractivity contribution in [3.63, 3.8) is 0 Å². The molecule has 6 heteroatoms. The van der Waals surface area contributed by atoms with Crippen molar-refractivity contribution in [2.45, 2.75) is 32.7 Å². The van der Waals surface area contributed by atoms with E-state index in [0.29, 0.717) is 23.6 Å². The van der Waals surface area contributed by atoms with Crippen LogP contribution in [0.1, 0.15) is 54.2 Å². The number of amides is 2. The summed E-state index contributed by atoms with van der Waals surface area (Å²) in [4.78, 5) is 25.0. The molecule has 4 rings (SSSR count). The van der Waals surface area contributed by atoms with Gasteiger partial charge in [-0.3, -0.25) is 9.59 Å². The topological polar surface area (TPSA) is 76.7 Å². The van der Waals surface area contributed by atoms with Gasteiger partial charge < -0.3 is 20.1 Å². The molecule has 0 saturated heterocycles. The Morgan fingerprint density at radius 3 is 2.53 bits per heavy atom. The lowest BCUT2D eigenvalue weighted by Gasteiger charge is -2.19. The second-order valence-corrected chi connectivity index (χ2v) is 8.15. The fourth-order valence-electron chi connectivity index (χ4n) is 3.54. The minimum absolute atomic E-state index is 0.154. The minimum atomic E-state index is -0.309. The van der Waals surface area contributed by atoms with Crippen molar-refractivity contribution in [3.8, 4) is 11.5 Å². The molecular weight excluding hydrogens is 428 g/mol. The third-order valence-corrected chi connectivity index (χ3v) is 5.54. The molecule has 1 unspecified atom stereocenters. The molecule has 1 heterocycles. The normalized spacial score (nSPS) is 14.5. The molecule has 0 fully saturated rings. The Balaban J connectivity index is 1.37. The molecule has 0 aliphatic carbocycles. The monoisotopic (exact) mass is 456 g/mol. The third-order valence-electron chi connectivity index (χ3n) is 5.54. The van der Waals surface area contributed by atoms with Gasteiger partial charge in [0, 0.05) is 5.56 Å².